The zero-order valence-electron chi connectivity index (χ0n) is 14.9. The predicted molar refractivity (Wildman–Crippen MR) is 100 cm³/mol. The third kappa shape index (κ3) is 5.10. The number of carbonyl (C=O) groups excluding carboxylic acids is 1. The number of ether oxygens (including phenoxy) is 1. The standard InChI is InChI=1S/C20H17F3N2O2S/c1-13(14-6-3-2-4-7-14)24-19(26)17-12-28-18(25-17)11-27-16-9-5-8-15(10-16)20(21,22)23/h2-10,12-13H,11H2,1H3,(H,24,26)/t13-/m1/s1. The van der Waals surface area contributed by atoms with Crippen molar-refractivity contribution in [2.24, 2.45) is 0 Å². The van der Waals surface area contributed by atoms with Gasteiger partial charge in [-0.1, -0.05) is 36.4 Å². The van der Waals surface area contributed by atoms with Crippen molar-refractivity contribution in [3.8, 4) is 5.75 Å². The number of nitrogens with one attached hydrogen (secondary N) is 1. The Morgan fingerprint density at radius 1 is 1.18 bits per heavy atom. The average Bonchev–Trinajstić information content (AvgIpc) is 3.16. The van der Waals surface area contributed by atoms with Crippen LogP contribution in [0.4, 0.5) is 13.2 Å². The third-order valence-electron chi connectivity index (χ3n) is 3.96. The number of benzene rings is 2. The van der Waals surface area contributed by atoms with Gasteiger partial charge in [0.2, 0.25) is 0 Å². The van der Waals surface area contributed by atoms with Crippen molar-refractivity contribution >= 4 is 17.2 Å². The van der Waals surface area contributed by atoms with Crippen molar-refractivity contribution < 1.29 is 22.7 Å². The molecule has 0 aliphatic carbocycles. The van der Waals surface area contributed by atoms with Crippen LogP contribution in [0.3, 0.4) is 0 Å². The number of rotatable bonds is 6. The van der Waals surface area contributed by atoms with Crippen LogP contribution >= 0.6 is 11.3 Å². The van der Waals surface area contributed by atoms with Crippen LogP contribution in [0.5, 0.6) is 5.75 Å². The quantitative estimate of drug-likeness (QED) is 0.610. The SMILES string of the molecule is C[C@@H](NC(=O)c1csc(COc2cccc(C(F)(F)F)c2)n1)c1ccccc1. The molecule has 0 saturated carbocycles. The number of halogens is 3. The second-order valence-corrected chi connectivity index (χ2v) is 6.99. The van der Waals surface area contributed by atoms with Crippen LogP contribution in [0.25, 0.3) is 0 Å². The second kappa shape index (κ2) is 8.43. The van der Waals surface area contributed by atoms with Crippen molar-refractivity contribution in [1.29, 1.82) is 0 Å². The number of hydrogen-bond donors (Lipinski definition) is 1. The lowest BCUT2D eigenvalue weighted by molar-refractivity contribution is -0.137. The van der Waals surface area contributed by atoms with E-state index in [1.165, 1.54) is 23.5 Å². The van der Waals surface area contributed by atoms with Crippen LogP contribution in [-0.4, -0.2) is 10.9 Å². The fourth-order valence-corrected chi connectivity index (χ4v) is 3.17. The van der Waals surface area contributed by atoms with Crippen molar-refractivity contribution in [3.05, 3.63) is 81.8 Å². The summed E-state index contributed by atoms with van der Waals surface area (Å²) in [7, 11) is 0. The maximum Gasteiger partial charge on any atom is 0.416 e. The molecule has 0 aliphatic rings. The molecule has 8 heteroatoms. The molecule has 0 fully saturated rings. The van der Waals surface area contributed by atoms with Crippen LogP contribution < -0.4 is 10.1 Å². The Labute approximate surface area is 164 Å². The minimum Gasteiger partial charge on any atom is -0.486 e. The van der Waals surface area contributed by atoms with Gasteiger partial charge in [0.25, 0.3) is 5.91 Å². The topological polar surface area (TPSA) is 51.2 Å². The number of aromatic nitrogens is 1. The van der Waals surface area contributed by atoms with E-state index < -0.39 is 11.7 Å². The number of nitrogens with zero attached hydrogens (tertiary/aromatic N) is 1. The van der Waals surface area contributed by atoms with E-state index >= 15 is 0 Å². The van der Waals surface area contributed by atoms with Gasteiger partial charge in [-0.3, -0.25) is 4.79 Å². The molecule has 28 heavy (non-hydrogen) atoms. The Bertz CT molecular complexity index is 942. The van der Waals surface area contributed by atoms with Crippen LogP contribution in [0.1, 0.15) is 39.6 Å². The van der Waals surface area contributed by atoms with E-state index in [1.54, 1.807) is 5.38 Å². The molecule has 0 spiro atoms. The molecule has 0 saturated heterocycles. The van der Waals surface area contributed by atoms with Gasteiger partial charge in [0.1, 0.15) is 23.1 Å². The van der Waals surface area contributed by atoms with E-state index in [1.807, 2.05) is 37.3 Å². The second-order valence-electron chi connectivity index (χ2n) is 6.05. The summed E-state index contributed by atoms with van der Waals surface area (Å²) in [5, 5.41) is 4.95. The first-order valence-corrected chi connectivity index (χ1v) is 9.31. The molecule has 0 aliphatic heterocycles. The zero-order chi connectivity index (χ0) is 20.1. The molecule has 1 aromatic heterocycles. The summed E-state index contributed by atoms with van der Waals surface area (Å²) < 4.78 is 43.6. The summed E-state index contributed by atoms with van der Waals surface area (Å²) in [6, 6.07) is 14.0. The third-order valence-corrected chi connectivity index (χ3v) is 4.78. The molecule has 1 heterocycles. The highest BCUT2D eigenvalue weighted by Gasteiger charge is 2.30. The van der Waals surface area contributed by atoms with Crippen molar-refractivity contribution in [2.75, 3.05) is 0 Å². The molecule has 0 bridgehead atoms. The van der Waals surface area contributed by atoms with Gasteiger partial charge in [-0.25, -0.2) is 4.98 Å². The van der Waals surface area contributed by atoms with Crippen LogP contribution in [0, 0.1) is 0 Å². The summed E-state index contributed by atoms with van der Waals surface area (Å²) >= 11 is 1.21. The van der Waals surface area contributed by atoms with E-state index in [0.717, 1.165) is 17.7 Å². The average molecular weight is 406 g/mol. The molecule has 0 unspecified atom stereocenters. The van der Waals surface area contributed by atoms with E-state index in [4.69, 9.17) is 4.74 Å². The summed E-state index contributed by atoms with van der Waals surface area (Å²) in [6.07, 6.45) is -4.43. The fourth-order valence-electron chi connectivity index (χ4n) is 2.48. The smallest absolute Gasteiger partial charge is 0.416 e. The van der Waals surface area contributed by atoms with Gasteiger partial charge in [-0.15, -0.1) is 11.3 Å². The normalized spacial score (nSPS) is 12.4. The predicted octanol–water partition coefficient (Wildman–Crippen LogP) is 5.23. The molecule has 1 atom stereocenters. The van der Waals surface area contributed by atoms with Crippen LogP contribution in [-0.2, 0) is 12.8 Å². The Morgan fingerprint density at radius 3 is 2.64 bits per heavy atom. The Hall–Kier alpha value is -2.87. The highest BCUT2D eigenvalue weighted by Crippen LogP contribution is 2.31. The molecule has 0 radical (unpaired) electrons. The lowest BCUT2D eigenvalue weighted by Crippen LogP contribution is -2.26. The Balaban J connectivity index is 1.59. The van der Waals surface area contributed by atoms with Crippen molar-refractivity contribution in [2.45, 2.75) is 25.7 Å². The number of carbonyl (C=O) groups is 1. The van der Waals surface area contributed by atoms with E-state index in [2.05, 4.69) is 10.3 Å². The summed E-state index contributed by atoms with van der Waals surface area (Å²) in [5.74, 6) is -0.230. The highest BCUT2D eigenvalue weighted by atomic mass is 32.1. The van der Waals surface area contributed by atoms with Gasteiger partial charge >= 0.3 is 6.18 Å². The molecular weight excluding hydrogens is 389 g/mol. The lowest BCUT2D eigenvalue weighted by atomic mass is 10.1. The molecule has 1 amide bonds. The molecule has 4 nitrogen and oxygen atoms in total. The maximum atomic E-state index is 12.7. The van der Waals surface area contributed by atoms with E-state index in [0.29, 0.717) is 5.01 Å². The summed E-state index contributed by atoms with van der Waals surface area (Å²) in [5.41, 5.74) is 0.439. The van der Waals surface area contributed by atoms with Crippen molar-refractivity contribution in [1.82, 2.24) is 10.3 Å². The summed E-state index contributed by atoms with van der Waals surface area (Å²) in [4.78, 5) is 16.5. The lowest BCUT2D eigenvalue weighted by Gasteiger charge is -2.13. The molecule has 1 N–H and O–H groups in total. The van der Waals surface area contributed by atoms with Gasteiger partial charge in [0.05, 0.1) is 11.6 Å². The summed E-state index contributed by atoms with van der Waals surface area (Å²) in [6.45, 7) is 1.85. The van der Waals surface area contributed by atoms with Gasteiger partial charge < -0.3 is 10.1 Å². The first-order chi connectivity index (χ1) is 13.3. The molecule has 2 aromatic carbocycles. The first kappa shape index (κ1) is 19.9. The minimum absolute atomic E-state index is 0.0203. The van der Waals surface area contributed by atoms with Gasteiger partial charge in [0, 0.05) is 5.38 Å². The first-order valence-electron chi connectivity index (χ1n) is 8.43. The minimum atomic E-state index is -4.43. The zero-order valence-corrected chi connectivity index (χ0v) is 15.7. The molecule has 3 aromatic rings. The van der Waals surface area contributed by atoms with Gasteiger partial charge in [0.15, 0.2) is 0 Å². The fraction of sp³-hybridized carbons (Fsp3) is 0.200. The van der Waals surface area contributed by atoms with Gasteiger partial charge in [-0.2, -0.15) is 13.2 Å². The molecule has 146 valence electrons. The Morgan fingerprint density at radius 2 is 1.93 bits per heavy atom. The van der Waals surface area contributed by atoms with Gasteiger partial charge in [-0.05, 0) is 30.7 Å². The largest absolute Gasteiger partial charge is 0.486 e. The Kier molecular flexibility index (Phi) is 5.99. The number of thiazole rings is 1. The van der Waals surface area contributed by atoms with E-state index in [9.17, 15) is 18.0 Å². The van der Waals surface area contributed by atoms with Crippen molar-refractivity contribution in [3.63, 3.8) is 0 Å². The van der Waals surface area contributed by atoms with Crippen LogP contribution in [0.15, 0.2) is 60.0 Å². The van der Waals surface area contributed by atoms with E-state index in [-0.39, 0.29) is 30.0 Å². The number of alkyl halides is 3. The number of hydrogen-bond acceptors (Lipinski definition) is 4. The monoisotopic (exact) mass is 406 g/mol. The molecule has 3 rings (SSSR count). The number of amides is 1. The maximum absolute atomic E-state index is 12.7. The highest BCUT2D eigenvalue weighted by molar-refractivity contribution is 7.09. The van der Waals surface area contributed by atoms with Crippen LogP contribution in [0.2, 0.25) is 0 Å². The molecular formula is C20H17F3N2O2S.